The highest BCUT2D eigenvalue weighted by Crippen LogP contribution is 2.34. The number of anilines is 1. The summed E-state index contributed by atoms with van der Waals surface area (Å²) in [6.07, 6.45) is 2.87. The zero-order valence-electron chi connectivity index (χ0n) is 15.5. The van der Waals surface area contributed by atoms with Crippen molar-refractivity contribution in [2.75, 3.05) is 18.5 Å². The standard InChI is InChI=1S/C20H17N5O4/c1-10(12-6-17(26)21-7-12)29-16-5-11(4-15-19(16)23-9-22-15)13-2-3-14-20(25-13)28-8-18(27)24-14/h2-6,9-10H,7-8H2,1H3,(H,21,26)(H,22,23)(H,24,27)/t10-/m1/s1. The summed E-state index contributed by atoms with van der Waals surface area (Å²) in [5.41, 5.74) is 4.39. The Labute approximate surface area is 165 Å². The number of aromatic nitrogens is 3. The summed E-state index contributed by atoms with van der Waals surface area (Å²) in [7, 11) is 0. The van der Waals surface area contributed by atoms with Crippen LogP contribution < -0.4 is 20.1 Å². The van der Waals surface area contributed by atoms with Crippen LogP contribution in [0.15, 0.2) is 42.2 Å². The molecule has 0 unspecified atom stereocenters. The van der Waals surface area contributed by atoms with Gasteiger partial charge in [-0.05, 0) is 36.8 Å². The third-order valence-corrected chi connectivity index (χ3v) is 4.87. The van der Waals surface area contributed by atoms with Crippen molar-refractivity contribution in [1.29, 1.82) is 0 Å². The Kier molecular flexibility index (Phi) is 3.94. The number of nitrogens with zero attached hydrogens (tertiary/aromatic N) is 2. The molecule has 146 valence electrons. The number of imidazole rings is 1. The summed E-state index contributed by atoms with van der Waals surface area (Å²) >= 11 is 0. The summed E-state index contributed by atoms with van der Waals surface area (Å²) < 4.78 is 11.6. The predicted octanol–water partition coefficient (Wildman–Crippen LogP) is 1.78. The van der Waals surface area contributed by atoms with Crippen molar-refractivity contribution in [3.05, 3.63) is 42.2 Å². The Balaban J connectivity index is 1.52. The molecule has 1 aromatic carbocycles. The third kappa shape index (κ3) is 3.16. The van der Waals surface area contributed by atoms with E-state index in [0.717, 1.165) is 16.7 Å². The van der Waals surface area contributed by atoms with Gasteiger partial charge < -0.3 is 25.1 Å². The van der Waals surface area contributed by atoms with Crippen molar-refractivity contribution in [1.82, 2.24) is 20.3 Å². The van der Waals surface area contributed by atoms with Crippen molar-refractivity contribution in [3.8, 4) is 22.9 Å². The number of carbonyl (C=O) groups is 2. The monoisotopic (exact) mass is 391 g/mol. The SMILES string of the molecule is C[C@@H](Oc1cc(-c2ccc3c(n2)OCC(=O)N3)cc2[nH]cnc12)C1=CC(=O)NC1. The highest BCUT2D eigenvalue weighted by molar-refractivity contribution is 5.95. The topological polar surface area (TPSA) is 118 Å². The van der Waals surface area contributed by atoms with E-state index in [1.165, 1.54) is 0 Å². The van der Waals surface area contributed by atoms with Gasteiger partial charge in [0.2, 0.25) is 11.8 Å². The highest BCUT2D eigenvalue weighted by atomic mass is 16.5. The van der Waals surface area contributed by atoms with Crippen LogP contribution in [-0.4, -0.2) is 46.0 Å². The molecule has 0 saturated carbocycles. The quantitative estimate of drug-likeness (QED) is 0.624. The number of pyridine rings is 1. The van der Waals surface area contributed by atoms with Gasteiger partial charge in [-0.25, -0.2) is 9.97 Å². The fraction of sp³-hybridized carbons (Fsp3) is 0.200. The molecular formula is C20H17N5O4. The number of fused-ring (bicyclic) bond motifs is 2. The maximum atomic E-state index is 11.5. The van der Waals surface area contributed by atoms with Gasteiger partial charge in [0.25, 0.3) is 5.91 Å². The number of ether oxygens (including phenoxy) is 2. The lowest BCUT2D eigenvalue weighted by Crippen LogP contribution is -2.25. The van der Waals surface area contributed by atoms with Gasteiger partial charge >= 0.3 is 0 Å². The number of aromatic amines is 1. The second-order valence-corrected chi connectivity index (χ2v) is 6.86. The molecule has 3 N–H and O–H groups in total. The van der Waals surface area contributed by atoms with Gasteiger partial charge in [0, 0.05) is 18.2 Å². The Morgan fingerprint density at radius 2 is 2.14 bits per heavy atom. The van der Waals surface area contributed by atoms with E-state index in [1.807, 2.05) is 19.1 Å². The summed E-state index contributed by atoms with van der Waals surface area (Å²) in [5.74, 6) is 0.646. The lowest BCUT2D eigenvalue weighted by molar-refractivity contribution is -0.118. The smallest absolute Gasteiger partial charge is 0.262 e. The first-order valence-electron chi connectivity index (χ1n) is 9.13. The maximum absolute atomic E-state index is 11.5. The summed E-state index contributed by atoms with van der Waals surface area (Å²) in [6, 6.07) is 7.35. The van der Waals surface area contributed by atoms with Crippen LogP contribution in [0.4, 0.5) is 5.69 Å². The van der Waals surface area contributed by atoms with E-state index >= 15 is 0 Å². The van der Waals surface area contributed by atoms with Crippen LogP contribution in [0.25, 0.3) is 22.3 Å². The van der Waals surface area contributed by atoms with Crippen LogP contribution in [0.2, 0.25) is 0 Å². The molecule has 2 aliphatic rings. The molecule has 1 atom stereocenters. The highest BCUT2D eigenvalue weighted by Gasteiger charge is 2.21. The summed E-state index contributed by atoms with van der Waals surface area (Å²) in [4.78, 5) is 34.9. The maximum Gasteiger partial charge on any atom is 0.262 e. The molecule has 9 nitrogen and oxygen atoms in total. The van der Waals surface area contributed by atoms with Crippen LogP contribution in [0.1, 0.15) is 6.92 Å². The minimum absolute atomic E-state index is 0.0588. The second-order valence-electron chi connectivity index (χ2n) is 6.86. The van der Waals surface area contributed by atoms with E-state index in [1.54, 1.807) is 24.5 Å². The molecule has 0 fully saturated rings. The number of benzene rings is 1. The summed E-state index contributed by atoms with van der Waals surface area (Å²) in [6.45, 7) is 2.31. The number of rotatable bonds is 4. The lowest BCUT2D eigenvalue weighted by Gasteiger charge is -2.18. The van der Waals surface area contributed by atoms with E-state index in [2.05, 4.69) is 25.6 Å². The van der Waals surface area contributed by atoms with Gasteiger partial charge in [0.15, 0.2) is 6.61 Å². The molecule has 2 aromatic heterocycles. The fourth-order valence-electron chi connectivity index (χ4n) is 3.37. The van der Waals surface area contributed by atoms with E-state index in [4.69, 9.17) is 9.47 Å². The molecule has 0 aliphatic carbocycles. The van der Waals surface area contributed by atoms with Crippen molar-refractivity contribution in [2.24, 2.45) is 0 Å². The minimum atomic E-state index is -0.292. The molecular weight excluding hydrogens is 374 g/mol. The van der Waals surface area contributed by atoms with Crippen LogP contribution in [0.5, 0.6) is 11.6 Å². The second kappa shape index (κ2) is 6.62. The molecule has 0 bridgehead atoms. The predicted molar refractivity (Wildman–Crippen MR) is 105 cm³/mol. The number of hydrogen-bond acceptors (Lipinski definition) is 6. The van der Waals surface area contributed by atoms with Crippen LogP contribution in [0.3, 0.4) is 0 Å². The summed E-state index contributed by atoms with van der Waals surface area (Å²) in [5, 5.41) is 5.48. The number of amides is 2. The van der Waals surface area contributed by atoms with Crippen molar-refractivity contribution in [2.45, 2.75) is 13.0 Å². The number of nitrogens with one attached hydrogen (secondary N) is 3. The largest absolute Gasteiger partial charge is 0.484 e. The Bertz CT molecular complexity index is 1180. The molecule has 9 heteroatoms. The van der Waals surface area contributed by atoms with Gasteiger partial charge in [-0.2, -0.15) is 0 Å². The van der Waals surface area contributed by atoms with Crippen molar-refractivity contribution < 1.29 is 19.1 Å². The minimum Gasteiger partial charge on any atom is -0.484 e. The zero-order valence-corrected chi connectivity index (χ0v) is 15.5. The van der Waals surface area contributed by atoms with Gasteiger partial charge in [0.05, 0.1) is 17.5 Å². The van der Waals surface area contributed by atoms with Crippen molar-refractivity contribution in [3.63, 3.8) is 0 Å². The van der Waals surface area contributed by atoms with Gasteiger partial charge in [0.1, 0.15) is 23.1 Å². The average Bonchev–Trinajstić information content (AvgIpc) is 3.36. The van der Waals surface area contributed by atoms with Gasteiger partial charge in [-0.3, -0.25) is 9.59 Å². The number of hydrogen-bond donors (Lipinski definition) is 3. The molecule has 0 saturated heterocycles. The normalized spacial score (nSPS) is 16.5. The fourth-order valence-corrected chi connectivity index (χ4v) is 3.37. The molecule has 0 radical (unpaired) electrons. The van der Waals surface area contributed by atoms with E-state index in [9.17, 15) is 9.59 Å². The Morgan fingerprint density at radius 1 is 1.24 bits per heavy atom. The first-order chi connectivity index (χ1) is 14.1. The first-order valence-corrected chi connectivity index (χ1v) is 9.13. The number of carbonyl (C=O) groups excluding carboxylic acids is 2. The number of H-pyrrole nitrogens is 1. The Hall–Kier alpha value is -3.88. The Morgan fingerprint density at radius 3 is 2.97 bits per heavy atom. The molecule has 2 aliphatic heterocycles. The third-order valence-electron chi connectivity index (χ3n) is 4.87. The zero-order chi connectivity index (χ0) is 20.0. The molecule has 3 aromatic rings. The van der Waals surface area contributed by atoms with Crippen LogP contribution in [-0.2, 0) is 9.59 Å². The van der Waals surface area contributed by atoms with E-state index in [0.29, 0.717) is 35.1 Å². The molecule has 29 heavy (non-hydrogen) atoms. The average molecular weight is 391 g/mol. The molecule has 4 heterocycles. The van der Waals surface area contributed by atoms with E-state index < -0.39 is 0 Å². The van der Waals surface area contributed by atoms with Crippen LogP contribution in [0, 0.1) is 0 Å². The molecule has 2 amide bonds. The first kappa shape index (κ1) is 17.2. The van der Waals surface area contributed by atoms with Crippen molar-refractivity contribution >= 4 is 28.5 Å². The van der Waals surface area contributed by atoms with Crippen LogP contribution >= 0.6 is 0 Å². The molecule has 0 spiro atoms. The van der Waals surface area contributed by atoms with Gasteiger partial charge in [-0.15, -0.1) is 0 Å². The lowest BCUT2D eigenvalue weighted by atomic mass is 10.1. The van der Waals surface area contributed by atoms with Gasteiger partial charge in [-0.1, -0.05) is 0 Å². The molecule has 5 rings (SSSR count). The van der Waals surface area contributed by atoms with E-state index in [-0.39, 0.29) is 24.5 Å².